The van der Waals surface area contributed by atoms with Gasteiger partial charge in [-0.25, -0.2) is 9.63 Å². The number of carbonyl (C=O) groups excluding carboxylic acids is 3. The van der Waals surface area contributed by atoms with Gasteiger partial charge in [0.1, 0.15) is 11.8 Å². The van der Waals surface area contributed by atoms with Crippen LogP contribution in [0.25, 0.3) is 0 Å². The first-order chi connectivity index (χ1) is 17.3. The third-order valence-corrected chi connectivity index (χ3v) is 6.76. The van der Waals surface area contributed by atoms with Crippen LogP contribution in [0.2, 0.25) is 0 Å². The number of carbonyl (C=O) groups is 3. The van der Waals surface area contributed by atoms with Crippen molar-refractivity contribution >= 4 is 17.9 Å². The van der Waals surface area contributed by atoms with Gasteiger partial charge in [0.25, 0.3) is 5.91 Å². The number of phenolic OH excluding ortho intramolecular Hbond substituents is 1. The number of hydrogen-bond donors (Lipinski definition) is 1. The van der Waals surface area contributed by atoms with Crippen LogP contribution in [0.3, 0.4) is 0 Å². The molecule has 3 fully saturated rings. The van der Waals surface area contributed by atoms with Gasteiger partial charge in [-0.15, -0.1) is 0 Å². The molecule has 3 saturated heterocycles. The van der Waals surface area contributed by atoms with Crippen molar-refractivity contribution in [3.05, 3.63) is 29.8 Å². The molecular formula is C25H35N3O8. The highest BCUT2D eigenvalue weighted by atomic mass is 16.8. The summed E-state index contributed by atoms with van der Waals surface area (Å²) >= 11 is 0. The van der Waals surface area contributed by atoms with Gasteiger partial charge in [0, 0.05) is 46.1 Å². The highest BCUT2D eigenvalue weighted by Crippen LogP contribution is 2.39. The van der Waals surface area contributed by atoms with Crippen molar-refractivity contribution in [3.8, 4) is 5.75 Å². The Bertz CT molecular complexity index is 947. The van der Waals surface area contributed by atoms with E-state index in [0.717, 1.165) is 10.6 Å². The molecule has 0 radical (unpaired) electrons. The third kappa shape index (κ3) is 5.28. The minimum absolute atomic E-state index is 0.0728. The summed E-state index contributed by atoms with van der Waals surface area (Å²) in [6.45, 7) is 5.33. The second-order valence-electron chi connectivity index (χ2n) is 9.85. The quantitative estimate of drug-likeness (QED) is 0.593. The summed E-state index contributed by atoms with van der Waals surface area (Å²) in [6.07, 6.45) is -0.817. The van der Waals surface area contributed by atoms with Crippen LogP contribution >= 0.6 is 0 Å². The lowest BCUT2D eigenvalue weighted by Crippen LogP contribution is -2.77. The summed E-state index contributed by atoms with van der Waals surface area (Å²) in [5, 5.41) is 10.8. The van der Waals surface area contributed by atoms with Crippen molar-refractivity contribution in [1.82, 2.24) is 14.9 Å². The predicted octanol–water partition coefficient (Wildman–Crippen LogP) is 1.54. The van der Waals surface area contributed by atoms with Crippen LogP contribution in [0.4, 0.5) is 4.79 Å². The van der Waals surface area contributed by atoms with Crippen molar-refractivity contribution < 1.29 is 38.5 Å². The van der Waals surface area contributed by atoms with Gasteiger partial charge < -0.3 is 29.1 Å². The Morgan fingerprint density at radius 1 is 1.19 bits per heavy atom. The van der Waals surface area contributed by atoms with Crippen molar-refractivity contribution in [1.29, 1.82) is 0 Å². The van der Waals surface area contributed by atoms with E-state index in [1.54, 1.807) is 36.3 Å². The number of nitrogens with zero attached hydrogens (tertiary/aromatic N) is 3. The Hall–Kier alpha value is -2.89. The highest BCUT2D eigenvalue weighted by molar-refractivity contribution is 5.94. The molecule has 0 aromatic heterocycles. The largest absolute Gasteiger partial charge is 0.508 e. The molecule has 2 atom stereocenters. The van der Waals surface area contributed by atoms with Gasteiger partial charge in [-0.2, -0.15) is 5.06 Å². The second kappa shape index (κ2) is 11.0. The van der Waals surface area contributed by atoms with Crippen LogP contribution in [0, 0.1) is 5.92 Å². The van der Waals surface area contributed by atoms with Crippen LogP contribution in [0.5, 0.6) is 5.75 Å². The molecule has 1 aromatic rings. The molecule has 1 spiro atoms. The van der Waals surface area contributed by atoms with E-state index in [0.29, 0.717) is 26.4 Å². The van der Waals surface area contributed by atoms with E-state index >= 15 is 0 Å². The summed E-state index contributed by atoms with van der Waals surface area (Å²) < 4.78 is 16.2. The Morgan fingerprint density at radius 2 is 1.89 bits per heavy atom. The molecule has 1 unspecified atom stereocenters. The minimum Gasteiger partial charge on any atom is -0.508 e. The number of piperazine rings is 1. The number of fused-ring (bicyclic) bond motifs is 1. The fraction of sp³-hybridized carbons (Fsp3) is 0.640. The number of hydroxylamine groups is 2. The molecule has 11 heteroatoms. The number of amides is 3. The van der Waals surface area contributed by atoms with Gasteiger partial charge >= 0.3 is 6.09 Å². The van der Waals surface area contributed by atoms with E-state index in [1.165, 1.54) is 4.90 Å². The minimum atomic E-state index is -1.31. The average Bonchev–Trinajstić information content (AvgIpc) is 2.87. The summed E-state index contributed by atoms with van der Waals surface area (Å²) in [6, 6.07) is 5.64. The fourth-order valence-corrected chi connectivity index (χ4v) is 4.81. The molecule has 0 saturated carbocycles. The maximum Gasteiger partial charge on any atom is 0.436 e. The molecule has 36 heavy (non-hydrogen) atoms. The average molecular weight is 506 g/mol. The molecule has 3 aliphatic heterocycles. The van der Waals surface area contributed by atoms with E-state index in [1.807, 2.05) is 13.8 Å². The molecular weight excluding hydrogens is 470 g/mol. The molecule has 0 aliphatic carbocycles. The Balaban J connectivity index is 1.72. The molecule has 1 N–H and O–H groups in total. The van der Waals surface area contributed by atoms with Gasteiger partial charge in [0.15, 0.2) is 11.8 Å². The molecule has 3 amide bonds. The monoisotopic (exact) mass is 505 g/mol. The molecule has 1 aromatic carbocycles. The SMILES string of the molecule is COCCN1CC2N(C(=O)OCC(C)C)OC3(CCOCC3)C(=O)N2[C@@H](Cc2ccc(O)cc2)C1=O. The summed E-state index contributed by atoms with van der Waals surface area (Å²) in [5.74, 6) is -0.338. The van der Waals surface area contributed by atoms with E-state index in [9.17, 15) is 19.5 Å². The summed E-state index contributed by atoms with van der Waals surface area (Å²) in [7, 11) is 1.55. The fourth-order valence-electron chi connectivity index (χ4n) is 4.81. The van der Waals surface area contributed by atoms with Crippen molar-refractivity contribution in [2.24, 2.45) is 5.92 Å². The van der Waals surface area contributed by atoms with Gasteiger partial charge in [0.2, 0.25) is 5.91 Å². The van der Waals surface area contributed by atoms with Crippen molar-refractivity contribution in [3.63, 3.8) is 0 Å². The van der Waals surface area contributed by atoms with Gasteiger partial charge in [0.05, 0.1) is 19.8 Å². The van der Waals surface area contributed by atoms with Crippen molar-refractivity contribution in [2.75, 3.05) is 46.6 Å². The normalized spacial score (nSPS) is 23.8. The lowest BCUT2D eigenvalue weighted by atomic mass is 9.88. The predicted molar refractivity (Wildman–Crippen MR) is 127 cm³/mol. The van der Waals surface area contributed by atoms with E-state index < -0.39 is 23.9 Å². The van der Waals surface area contributed by atoms with Crippen LogP contribution in [-0.4, -0.2) is 102 Å². The summed E-state index contributed by atoms with van der Waals surface area (Å²) in [5.41, 5.74) is -0.541. The first-order valence-corrected chi connectivity index (χ1v) is 12.4. The lowest BCUT2D eigenvalue weighted by molar-refractivity contribution is -0.309. The zero-order valence-corrected chi connectivity index (χ0v) is 21.1. The second-order valence-corrected chi connectivity index (χ2v) is 9.85. The van der Waals surface area contributed by atoms with Gasteiger partial charge in [-0.1, -0.05) is 26.0 Å². The van der Waals surface area contributed by atoms with Crippen LogP contribution in [0.1, 0.15) is 32.3 Å². The topological polar surface area (TPSA) is 118 Å². The number of rotatable bonds is 7. The number of aromatic hydroxyl groups is 1. The number of hydrogen-bond acceptors (Lipinski definition) is 8. The zero-order valence-electron chi connectivity index (χ0n) is 21.1. The standard InChI is InChI=1S/C25H35N3O8/c1-17(2)16-35-24(32)28-21-15-26(10-13-33-3)22(30)20(14-18-4-6-19(29)7-5-18)27(21)23(31)25(36-28)8-11-34-12-9-25/h4-7,17,20-21,29H,8-16H2,1-3H3/t20-,21?/m0/s1. The molecule has 4 rings (SSSR count). The smallest absolute Gasteiger partial charge is 0.436 e. The van der Waals surface area contributed by atoms with Gasteiger partial charge in [-0.05, 0) is 23.6 Å². The molecule has 11 nitrogen and oxygen atoms in total. The third-order valence-electron chi connectivity index (χ3n) is 6.76. The molecule has 3 aliphatic rings. The number of benzene rings is 1. The maximum atomic E-state index is 14.0. The molecule has 3 heterocycles. The number of phenols is 1. The van der Waals surface area contributed by atoms with E-state index in [2.05, 4.69) is 0 Å². The number of methoxy groups -OCH3 is 1. The Morgan fingerprint density at radius 3 is 2.53 bits per heavy atom. The van der Waals surface area contributed by atoms with Gasteiger partial charge in [-0.3, -0.25) is 9.59 Å². The first-order valence-electron chi connectivity index (χ1n) is 12.4. The highest BCUT2D eigenvalue weighted by Gasteiger charge is 2.59. The summed E-state index contributed by atoms with van der Waals surface area (Å²) in [4.78, 5) is 50.2. The molecule has 198 valence electrons. The first kappa shape index (κ1) is 26.2. The van der Waals surface area contributed by atoms with Crippen LogP contribution in [-0.2, 0) is 35.1 Å². The van der Waals surface area contributed by atoms with Crippen molar-refractivity contribution in [2.45, 2.75) is 50.9 Å². The van der Waals surface area contributed by atoms with Crippen LogP contribution < -0.4 is 0 Å². The van der Waals surface area contributed by atoms with E-state index in [-0.39, 0.29) is 55.9 Å². The Kier molecular flexibility index (Phi) is 8.01. The Labute approximate surface area is 210 Å². The zero-order chi connectivity index (χ0) is 25.9. The lowest BCUT2D eigenvalue weighted by Gasteiger charge is -2.56. The molecule has 0 bridgehead atoms. The number of ether oxygens (including phenoxy) is 3. The van der Waals surface area contributed by atoms with E-state index in [4.69, 9.17) is 19.0 Å². The van der Waals surface area contributed by atoms with Crippen LogP contribution in [0.15, 0.2) is 24.3 Å². The maximum absolute atomic E-state index is 14.0.